The zero-order chi connectivity index (χ0) is 13.5. The van der Waals surface area contributed by atoms with Crippen LogP contribution in [0.4, 0.5) is 5.95 Å². The Morgan fingerprint density at radius 2 is 1.84 bits per heavy atom. The van der Waals surface area contributed by atoms with E-state index in [2.05, 4.69) is 15.3 Å². The molecule has 0 unspecified atom stereocenters. The third-order valence-electron chi connectivity index (χ3n) is 2.40. The first-order valence-electron chi connectivity index (χ1n) is 5.68. The summed E-state index contributed by atoms with van der Waals surface area (Å²) in [4.78, 5) is 8.23. The number of thiocarbonyl (C=S) groups is 1. The van der Waals surface area contributed by atoms with Gasteiger partial charge in [0.1, 0.15) is 0 Å². The van der Waals surface area contributed by atoms with Crippen molar-refractivity contribution in [3.05, 3.63) is 60.6 Å². The normalized spacial score (nSPS) is 11.1. The number of thioether (sulfide) groups is 1. The van der Waals surface area contributed by atoms with E-state index in [-0.39, 0.29) is 0 Å². The van der Waals surface area contributed by atoms with Crippen LogP contribution in [0.25, 0.3) is 5.57 Å². The van der Waals surface area contributed by atoms with Gasteiger partial charge in [0.15, 0.2) is 0 Å². The lowest BCUT2D eigenvalue weighted by molar-refractivity contribution is 1.17. The van der Waals surface area contributed by atoms with Crippen molar-refractivity contribution < 1.29 is 0 Å². The Kier molecular flexibility index (Phi) is 5.06. The largest absolute Gasteiger partial charge is 0.330 e. The van der Waals surface area contributed by atoms with Gasteiger partial charge >= 0.3 is 0 Å². The van der Waals surface area contributed by atoms with Crippen LogP contribution in [0.2, 0.25) is 0 Å². The molecule has 2 rings (SSSR count). The standard InChI is InChI=1S/C14H13N3S2/c1-19-13(18)12(11-6-3-2-4-7-11)10-17-14-15-8-5-9-16-14/h2-10H,1H3,(H,15,16,17)/b12-10-. The summed E-state index contributed by atoms with van der Waals surface area (Å²) < 4.78 is 0.828. The number of hydrogen-bond acceptors (Lipinski definition) is 5. The van der Waals surface area contributed by atoms with Crippen LogP contribution in [0.1, 0.15) is 5.56 Å². The van der Waals surface area contributed by atoms with Crippen LogP contribution in [0.5, 0.6) is 0 Å². The minimum Gasteiger partial charge on any atom is -0.330 e. The lowest BCUT2D eigenvalue weighted by Gasteiger charge is -2.08. The molecule has 0 spiro atoms. The Morgan fingerprint density at radius 1 is 1.16 bits per heavy atom. The molecule has 0 aliphatic heterocycles. The summed E-state index contributed by atoms with van der Waals surface area (Å²) in [6.07, 6.45) is 7.21. The zero-order valence-corrected chi connectivity index (χ0v) is 12.0. The first kappa shape index (κ1) is 13.7. The maximum absolute atomic E-state index is 5.39. The van der Waals surface area contributed by atoms with Crippen LogP contribution in [0.15, 0.2) is 55.0 Å². The lowest BCUT2D eigenvalue weighted by Crippen LogP contribution is -2.00. The fraction of sp³-hybridized carbons (Fsp3) is 0.0714. The number of anilines is 1. The van der Waals surface area contributed by atoms with Crippen LogP contribution in [0, 0.1) is 0 Å². The van der Waals surface area contributed by atoms with Gasteiger partial charge in [-0.1, -0.05) is 42.5 Å². The van der Waals surface area contributed by atoms with Gasteiger partial charge in [0.2, 0.25) is 5.95 Å². The molecule has 1 aromatic carbocycles. The second kappa shape index (κ2) is 7.01. The van der Waals surface area contributed by atoms with E-state index in [4.69, 9.17) is 12.2 Å². The van der Waals surface area contributed by atoms with Crippen LogP contribution < -0.4 is 5.32 Å². The number of rotatable bonds is 4. The first-order valence-corrected chi connectivity index (χ1v) is 7.32. The Bertz CT molecular complexity index is 568. The molecule has 1 heterocycles. The summed E-state index contributed by atoms with van der Waals surface area (Å²) >= 11 is 6.93. The van der Waals surface area contributed by atoms with Gasteiger partial charge in [-0.25, -0.2) is 9.97 Å². The van der Waals surface area contributed by atoms with E-state index in [9.17, 15) is 0 Å². The average molecular weight is 287 g/mol. The van der Waals surface area contributed by atoms with Gasteiger partial charge in [0.25, 0.3) is 0 Å². The fourth-order valence-electron chi connectivity index (χ4n) is 1.50. The highest BCUT2D eigenvalue weighted by molar-refractivity contribution is 8.24. The summed E-state index contributed by atoms with van der Waals surface area (Å²) in [5.74, 6) is 0.555. The van der Waals surface area contributed by atoms with E-state index in [1.54, 1.807) is 30.2 Å². The van der Waals surface area contributed by atoms with Crippen molar-refractivity contribution in [2.24, 2.45) is 0 Å². The van der Waals surface area contributed by atoms with E-state index in [1.807, 2.05) is 42.8 Å². The fourth-order valence-corrected chi connectivity index (χ4v) is 2.07. The Labute approximate surface area is 122 Å². The molecule has 0 radical (unpaired) electrons. The zero-order valence-electron chi connectivity index (χ0n) is 10.4. The van der Waals surface area contributed by atoms with E-state index in [0.717, 1.165) is 15.3 Å². The number of benzene rings is 1. The highest BCUT2D eigenvalue weighted by Crippen LogP contribution is 2.21. The Hall–Kier alpha value is -1.72. The monoisotopic (exact) mass is 287 g/mol. The summed E-state index contributed by atoms with van der Waals surface area (Å²) in [5, 5.41) is 3.07. The van der Waals surface area contributed by atoms with Gasteiger partial charge in [0, 0.05) is 24.2 Å². The summed E-state index contributed by atoms with van der Waals surface area (Å²) in [6.45, 7) is 0. The summed E-state index contributed by atoms with van der Waals surface area (Å²) in [6, 6.07) is 11.8. The van der Waals surface area contributed by atoms with E-state index in [0.29, 0.717) is 5.95 Å². The minimum absolute atomic E-state index is 0.555. The van der Waals surface area contributed by atoms with Crippen molar-refractivity contribution in [2.45, 2.75) is 0 Å². The molecule has 5 heteroatoms. The Balaban J connectivity index is 2.26. The topological polar surface area (TPSA) is 37.8 Å². The number of hydrogen-bond donors (Lipinski definition) is 1. The molecule has 1 aromatic heterocycles. The van der Waals surface area contributed by atoms with Gasteiger partial charge < -0.3 is 5.32 Å². The van der Waals surface area contributed by atoms with Gasteiger partial charge in [-0.3, -0.25) is 0 Å². The first-order chi connectivity index (χ1) is 9.31. The van der Waals surface area contributed by atoms with Crippen molar-refractivity contribution in [3.8, 4) is 0 Å². The van der Waals surface area contributed by atoms with Crippen LogP contribution >= 0.6 is 24.0 Å². The molecule has 0 atom stereocenters. The molecule has 0 saturated carbocycles. The third kappa shape index (κ3) is 3.87. The van der Waals surface area contributed by atoms with Crippen molar-refractivity contribution in [1.82, 2.24) is 9.97 Å². The molecule has 0 bridgehead atoms. The SMILES string of the molecule is CSC(=S)/C(=C\Nc1ncccn1)c1ccccc1. The molecular weight excluding hydrogens is 274 g/mol. The predicted octanol–water partition coefficient (Wildman–Crippen LogP) is 3.62. The highest BCUT2D eigenvalue weighted by atomic mass is 32.2. The van der Waals surface area contributed by atoms with Crippen molar-refractivity contribution in [3.63, 3.8) is 0 Å². The van der Waals surface area contributed by atoms with E-state index in [1.165, 1.54) is 0 Å². The van der Waals surface area contributed by atoms with E-state index < -0.39 is 0 Å². The minimum atomic E-state index is 0.555. The van der Waals surface area contributed by atoms with Crippen LogP contribution in [-0.2, 0) is 0 Å². The Morgan fingerprint density at radius 3 is 2.47 bits per heavy atom. The maximum Gasteiger partial charge on any atom is 0.226 e. The van der Waals surface area contributed by atoms with Gasteiger partial charge in [-0.2, -0.15) is 0 Å². The average Bonchev–Trinajstić information content (AvgIpc) is 2.49. The number of nitrogens with one attached hydrogen (secondary N) is 1. The quantitative estimate of drug-likeness (QED) is 0.687. The molecule has 0 aliphatic carbocycles. The van der Waals surface area contributed by atoms with Gasteiger partial charge in [-0.15, -0.1) is 11.8 Å². The van der Waals surface area contributed by atoms with Crippen LogP contribution in [0.3, 0.4) is 0 Å². The second-order valence-electron chi connectivity index (χ2n) is 3.63. The smallest absolute Gasteiger partial charge is 0.226 e. The van der Waals surface area contributed by atoms with E-state index >= 15 is 0 Å². The van der Waals surface area contributed by atoms with Gasteiger partial charge in [0.05, 0.1) is 4.20 Å². The van der Waals surface area contributed by atoms with Crippen molar-refractivity contribution in [1.29, 1.82) is 0 Å². The third-order valence-corrected chi connectivity index (χ3v) is 3.71. The molecule has 1 N–H and O–H groups in total. The molecular formula is C14H13N3S2. The van der Waals surface area contributed by atoms with Crippen molar-refractivity contribution >= 4 is 39.7 Å². The molecule has 19 heavy (non-hydrogen) atoms. The molecule has 96 valence electrons. The summed E-state index contributed by atoms with van der Waals surface area (Å²) in [7, 11) is 0. The molecule has 0 fully saturated rings. The lowest BCUT2D eigenvalue weighted by atomic mass is 10.1. The van der Waals surface area contributed by atoms with Crippen molar-refractivity contribution in [2.75, 3.05) is 11.6 Å². The molecule has 2 aromatic rings. The van der Waals surface area contributed by atoms with Gasteiger partial charge in [-0.05, 0) is 17.9 Å². The number of nitrogens with zero attached hydrogens (tertiary/aromatic N) is 2. The molecule has 3 nitrogen and oxygen atoms in total. The summed E-state index contributed by atoms with van der Waals surface area (Å²) in [5.41, 5.74) is 2.04. The molecule has 0 amide bonds. The molecule has 0 aliphatic rings. The highest BCUT2D eigenvalue weighted by Gasteiger charge is 2.06. The second-order valence-corrected chi connectivity index (χ2v) is 5.12. The molecule has 0 saturated heterocycles. The van der Waals surface area contributed by atoms with Crippen LogP contribution in [-0.4, -0.2) is 20.4 Å². The number of aromatic nitrogens is 2. The maximum atomic E-state index is 5.39. The predicted molar refractivity (Wildman–Crippen MR) is 86.2 cm³/mol.